The SMILES string of the molecule is CCO/C=C1\C(=O)N(c2ccccc2F)N=C1c1ccccc1F. The van der Waals surface area contributed by atoms with E-state index in [0.717, 1.165) is 5.01 Å². The molecule has 2 aromatic carbocycles. The van der Waals surface area contributed by atoms with Gasteiger partial charge in [0.25, 0.3) is 5.91 Å². The predicted molar refractivity (Wildman–Crippen MR) is 86.5 cm³/mol. The van der Waals surface area contributed by atoms with Crippen LogP contribution in [0.15, 0.2) is 65.5 Å². The second kappa shape index (κ2) is 6.62. The van der Waals surface area contributed by atoms with Crippen molar-refractivity contribution in [2.75, 3.05) is 11.6 Å². The number of hydrazone groups is 1. The fourth-order valence-electron chi connectivity index (χ4n) is 2.33. The van der Waals surface area contributed by atoms with Crippen LogP contribution in [0.1, 0.15) is 12.5 Å². The molecule has 24 heavy (non-hydrogen) atoms. The summed E-state index contributed by atoms with van der Waals surface area (Å²) in [6, 6.07) is 11.7. The van der Waals surface area contributed by atoms with Gasteiger partial charge in [-0.05, 0) is 31.2 Å². The lowest BCUT2D eigenvalue weighted by Gasteiger charge is -2.11. The number of hydrogen-bond donors (Lipinski definition) is 0. The molecule has 2 aromatic rings. The molecular weight excluding hydrogens is 314 g/mol. The van der Waals surface area contributed by atoms with Crippen molar-refractivity contribution >= 4 is 17.3 Å². The number of para-hydroxylation sites is 1. The highest BCUT2D eigenvalue weighted by Crippen LogP contribution is 2.29. The highest BCUT2D eigenvalue weighted by Gasteiger charge is 2.34. The number of anilines is 1. The van der Waals surface area contributed by atoms with Gasteiger partial charge in [-0.3, -0.25) is 4.79 Å². The summed E-state index contributed by atoms with van der Waals surface area (Å²) < 4.78 is 33.3. The molecule has 1 heterocycles. The van der Waals surface area contributed by atoms with E-state index in [1.807, 2.05) is 0 Å². The van der Waals surface area contributed by atoms with E-state index in [9.17, 15) is 13.6 Å². The summed E-state index contributed by atoms with van der Waals surface area (Å²) >= 11 is 0. The normalized spacial score (nSPS) is 15.8. The molecule has 0 saturated heterocycles. The van der Waals surface area contributed by atoms with Crippen molar-refractivity contribution in [1.29, 1.82) is 0 Å². The number of benzene rings is 2. The first kappa shape index (κ1) is 15.9. The highest BCUT2D eigenvalue weighted by molar-refractivity contribution is 6.35. The van der Waals surface area contributed by atoms with Crippen LogP contribution in [0.3, 0.4) is 0 Å². The lowest BCUT2D eigenvalue weighted by atomic mass is 10.0. The number of halogens is 2. The molecule has 4 nitrogen and oxygen atoms in total. The zero-order valence-electron chi connectivity index (χ0n) is 12.9. The number of amides is 1. The van der Waals surface area contributed by atoms with Crippen molar-refractivity contribution in [2.45, 2.75) is 6.92 Å². The molecule has 122 valence electrons. The van der Waals surface area contributed by atoms with Gasteiger partial charge in [0.05, 0.1) is 12.9 Å². The minimum atomic E-state index is -0.597. The Bertz CT molecular complexity index is 846. The molecule has 1 aliphatic rings. The number of carbonyl (C=O) groups excluding carboxylic acids is 1. The Kier molecular flexibility index (Phi) is 4.37. The second-order valence-electron chi connectivity index (χ2n) is 4.98. The van der Waals surface area contributed by atoms with E-state index in [0.29, 0.717) is 6.61 Å². The van der Waals surface area contributed by atoms with E-state index >= 15 is 0 Å². The van der Waals surface area contributed by atoms with Crippen LogP contribution in [0.4, 0.5) is 14.5 Å². The van der Waals surface area contributed by atoms with Crippen molar-refractivity contribution in [3.05, 3.63) is 77.6 Å². The van der Waals surface area contributed by atoms with Gasteiger partial charge in [-0.2, -0.15) is 10.1 Å². The maximum Gasteiger partial charge on any atom is 0.284 e. The Morgan fingerprint density at radius 3 is 2.42 bits per heavy atom. The van der Waals surface area contributed by atoms with Gasteiger partial charge < -0.3 is 4.74 Å². The summed E-state index contributed by atoms with van der Waals surface area (Å²) in [6.45, 7) is 2.09. The zero-order chi connectivity index (χ0) is 17.1. The molecular formula is C18H14F2N2O2. The maximum absolute atomic E-state index is 14.1. The molecule has 0 radical (unpaired) electrons. The molecule has 0 fully saturated rings. The first-order valence-electron chi connectivity index (χ1n) is 7.38. The van der Waals surface area contributed by atoms with Crippen molar-refractivity contribution in [3.63, 3.8) is 0 Å². The molecule has 0 aliphatic carbocycles. The number of ether oxygens (including phenoxy) is 1. The first-order chi connectivity index (χ1) is 11.6. The summed E-state index contributed by atoms with van der Waals surface area (Å²) in [5, 5.41) is 5.06. The predicted octanol–water partition coefficient (Wildman–Crippen LogP) is 3.64. The van der Waals surface area contributed by atoms with E-state index in [-0.39, 0.29) is 22.5 Å². The Morgan fingerprint density at radius 1 is 1.08 bits per heavy atom. The van der Waals surface area contributed by atoms with E-state index in [2.05, 4.69) is 5.10 Å². The lowest BCUT2D eigenvalue weighted by molar-refractivity contribution is -0.114. The smallest absolute Gasteiger partial charge is 0.284 e. The van der Waals surface area contributed by atoms with Crippen molar-refractivity contribution in [1.82, 2.24) is 0 Å². The number of hydrogen-bond acceptors (Lipinski definition) is 3. The third kappa shape index (κ3) is 2.78. The minimum Gasteiger partial charge on any atom is -0.501 e. The summed E-state index contributed by atoms with van der Waals surface area (Å²) in [5.74, 6) is -1.70. The standard InChI is InChI=1S/C18H14F2N2O2/c1-2-24-11-13-17(12-7-3-4-8-14(12)19)21-22(18(13)23)16-10-6-5-9-15(16)20/h3-11H,2H2,1H3/b13-11-. The molecule has 0 aromatic heterocycles. The van der Waals surface area contributed by atoms with Crippen LogP contribution >= 0.6 is 0 Å². The zero-order valence-corrected chi connectivity index (χ0v) is 12.9. The maximum atomic E-state index is 14.1. The second-order valence-corrected chi connectivity index (χ2v) is 4.98. The fourth-order valence-corrected chi connectivity index (χ4v) is 2.33. The fraction of sp³-hybridized carbons (Fsp3) is 0.111. The van der Waals surface area contributed by atoms with Crippen LogP contribution in [0.5, 0.6) is 0 Å². The van der Waals surface area contributed by atoms with E-state index in [4.69, 9.17) is 4.74 Å². The molecule has 0 bridgehead atoms. The molecule has 6 heteroatoms. The van der Waals surface area contributed by atoms with Crippen LogP contribution in [0.2, 0.25) is 0 Å². The average molecular weight is 328 g/mol. The Hall–Kier alpha value is -3.02. The topological polar surface area (TPSA) is 41.9 Å². The third-order valence-electron chi connectivity index (χ3n) is 3.46. The molecule has 1 aliphatic heterocycles. The quantitative estimate of drug-likeness (QED) is 0.635. The molecule has 0 unspecified atom stereocenters. The van der Waals surface area contributed by atoms with Gasteiger partial charge in [0.1, 0.15) is 28.6 Å². The van der Waals surface area contributed by atoms with Crippen LogP contribution in [-0.2, 0) is 9.53 Å². The Morgan fingerprint density at radius 2 is 1.75 bits per heavy atom. The molecule has 0 spiro atoms. The van der Waals surface area contributed by atoms with Crippen molar-refractivity contribution < 1.29 is 18.3 Å². The largest absolute Gasteiger partial charge is 0.501 e. The highest BCUT2D eigenvalue weighted by atomic mass is 19.1. The summed E-state index contributed by atoms with van der Waals surface area (Å²) in [6.07, 6.45) is 1.23. The van der Waals surface area contributed by atoms with E-state index in [1.165, 1.54) is 42.7 Å². The molecule has 0 saturated carbocycles. The van der Waals surface area contributed by atoms with Crippen molar-refractivity contribution in [2.24, 2.45) is 5.10 Å². The molecule has 1 amide bonds. The van der Waals surface area contributed by atoms with Gasteiger partial charge in [0.2, 0.25) is 0 Å². The van der Waals surface area contributed by atoms with Gasteiger partial charge >= 0.3 is 0 Å². The summed E-state index contributed by atoms with van der Waals surface area (Å²) in [4.78, 5) is 12.6. The number of nitrogens with zero attached hydrogens (tertiary/aromatic N) is 2. The van der Waals surface area contributed by atoms with Crippen molar-refractivity contribution in [3.8, 4) is 0 Å². The van der Waals surface area contributed by atoms with Gasteiger partial charge in [-0.1, -0.05) is 24.3 Å². The van der Waals surface area contributed by atoms with Gasteiger partial charge in [-0.15, -0.1) is 0 Å². The van der Waals surface area contributed by atoms with E-state index < -0.39 is 17.5 Å². The van der Waals surface area contributed by atoms with Crippen LogP contribution < -0.4 is 5.01 Å². The number of rotatable bonds is 4. The molecule has 0 atom stereocenters. The lowest BCUT2D eigenvalue weighted by Crippen LogP contribution is -2.22. The summed E-state index contributed by atoms with van der Waals surface area (Å²) in [5.41, 5.74) is 0.326. The van der Waals surface area contributed by atoms with Gasteiger partial charge in [-0.25, -0.2) is 8.78 Å². The van der Waals surface area contributed by atoms with Gasteiger partial charge in [0.15, 0.2) is 0 Å². The van der Waals surface area contributed by atoms with Gasteiger partial charge in [0, 0.05) is 5.56 Å². The summed E-state index contributed by atoms with van der Waals surface area (Å²) in [7, 11) is 0. The van der Waals surface area contributed by atoms with Crippen LogP contribution in [0, 0.1) is 11.6 Å². The average Bonchev–Trinajstić information content (AvgIpc) is 2.90. The third-order valence-corrected chi connectivity index (χ3v) is 3.46. The monoisotopic (exact) mass is 328 g/mol. The molecule has 0 N–H and O–H groups in total. The first-order valence-corrected chi connectivity index (χ1v) is 7.38. The van der Waals surface area contributed by atoms with Crippen LogP contribution in [-0.4, -0.2) is 18.2 Å². The molecule has 3 rings (SSSR count). The van der Waals surface area contributed by atoms with E-state index in [1.54, 1.807) is 19.1 Å². The minimum absolute atomic E-state index is 0.00348. The Balaban J connectivity index is 2.13. The van der Waals surface area contributed by atoms with Crippen LogP contribution in [0.25, 0.3) is 0 Å². The Labute approximate surface area is 137 Å². The number of carbonyl (C=O) groups is 1.